The van der Waals surface area contributed by atoms with Gasteiger partial charge in [0.25, 0.3) is 0 Å². The molecular weight excluding hydrogens is 200 g/mol. The number of aromatic nitrogens is 2. The van der Waals surface area contributed by atoms with Crippen LogP contribution in [-0.4, -0.2) is 10.1 Å². The third-order valence-corrected chi connectivity index (χ3v) is 2.04. The van der Waals surface area contributed by atoms with E-state index < -0.39 is 0 Å². The fourth-order valence-corrected chi connectivity index (χ4v) is 1.19. The molecular formula is C10H8ClN2O. The third-order valence-electron chi connectivity index (χ3n) is 1.79. The minimum atomic E-state index is 0.523. The maximum atomic E-state index is 5.76. The lowest BCUT2D eigenvalue weighted by molar-refractivity contribution is 0.399. The highest BCUT2D eigenvalue weighted by Crippen LogP contribution is 2.18. The van der Waals surface area contributed by atoms with Crippen molar-refractivity contribution in [1.82, 2.24) is 10.1 Å². The van der Waals surface area contributed by atoms with Crippen LogP contribution in [0, 0.1) is 6.42 Å². The van der Waals surface area contributed by atoms with Crippen LogP contribution >= 0.6 is 11.6 Å². The number of hydrogen-bond acceptors (Lipinski definition) is 3. The maximum Gasteiger partial charge on any atom is 0.230 e. The molecule has 0 aliphatic heterocycles. The highest BCUT2D eigenvalue weighted by molar-refractivity contribution is 6.30. The molecule has 0 saturated heterocycles. The first-order valence-electron chi connectivity index (χ1n) is 4.18. The van der Waals surface area contributed by atoms with Gasteiger partial charge in [-0.2, -0.15) is 4.98 Å². The van der Waals surface area contributed by atoms with Gasteiger partial charge >= 0.3 is 0 Å². The zero-order valence-corrected chi connectivity index (χ0v) is 8.32. The van der Waals surface area contributed by atoms with Crippen molar-refractivity contribution in [2.24, 2.45) is 0 Å². The van der Waals surface area contributed by atoms with Crippen LogP contribution in [0.5, 0.6) is 0 Å². The second-order valence-electron chi connectivity index (χ2n) is 2.75. The molecule has 0 spiro atoms. The van der Waals surface area contributed by atoms with Crippen LogP contribution in [-0.2, 0) is 0 Å². The summed E-state index contributed by atoms with van der Waals surface area (Å²) in [7, 11) is 0. The van der Waals surface area contributed by atoms with E-state index in [1.54, 1.807) is 18.6 Å². The van der Waals surface area contributed by atoms with Crippen LogP contribution in [0.4, 0.5) is 0 Å². The number of nitrogens with zero attached hydrogens (tertiary/aromatic N) is 2. The van der Waals surface area contributed by atoms with Gasteiger partial charge in [-0.1, -0.05) is 23.7 Å². The van der Waals surface area contributed by atoms with Gasteiger partial charge in [0.1, 0.15) is 0 Å². The smallest absolute Gasteiger partial charge is 0.230 e. The summed E-state index contributed by atoms with van der Waals surface area (Å²) in [5.41, 5.74) is 0.895. The quantitative estimate of drug-likeness (QED) is 0.760. The molecule has 0 unspecified atom stereocenters. The molecule has 2 rings (SSSR count). The summed E-state index contributed by atoms with van der Waals surface area (Å²) in [6.07, 6.45) is 1.76. The lowest BCUT2D eigenvalue weighted by Crippen LogP contribution is -1.80. The van der Waals surface area contributed by atoms with Crippen molar-refractivity contribution < 1.29 is 4.52 Å². The topological polar surface area (TPSA) is 38.9 Å². The molecule has 4 heteroatoms. The Morgan fingerprint density at radius 2 is 2.00 bits per heavy atom. The van der Waals surface area contributed by atoms with Crippen LogP contribution in [0.2, 0.25) is 5.02 Å². The standard InChI is InChI=1S/C10H8ClN2O/c1-2-9-12-10(13-14-9)7-3-5-8(11)6-4-7/h2-6H,1H3. The second kappa shape index (κ2) is 3.80. The largest absolute Gasteiger partial charge is 0.339 e. The lowest BCUT2D eigenvalue weighted by Gasteiger charge is -1.92. The molecule has 0 N–H and O–H groups in total. The molecule has 1 heterocycles. The minimum absolute atomic E-state index is 0.523. The minimum Gasteiger partial charge on any atom is -0.339 e. The average molecular weight is 208 g/mol. The summed E-state index contributed by atoms with van der Waals surface area (Å²) in [5, 5.41) is 4.52. The normalized spacial score (nSPS) is 10.4. The van der Waals surface area contributed by atoms with Crippen molar-refractivity contribution in [3.63, 3.8) is 0 Å². The molecule has 1 aromatic carbocycles. The van der Waals surface area contributed by atoms with E-state index in [4.69, 9.17) is 16.1 Å². The molecule has 1 radical (unpaired) electrons. The van der Waals surface area contributed by atoms with E-state index in [0.29, 0.717) is 16.7 Å². The Morgan fingerprint density at radius 3 is 2.57 bits per heavy atom. The van der Waals surface area contributed by atoms with Gasteiger partial charge < -0.3 is 4.52 Å². The van der Waals surface area contributed by atoms with Crippen LogP contribution in [0.15, 0.2) is 28.8 Å². The zero-order chi connectivity index (χ0) is 9.97. The Kier molecular flexibility index (Phi) is 2.50. The molecule has 0 amide bonds. The Labute approximate surface area is 86.7 Å². The highest BCUT2D eigenvalue weighted by atomic mass is 35.5. The van der Waals surface area contributed by atoms with Crippen molar-refractivity contribution in [3.05, 3.63) is 41.6 Å². The molecule has 14 heavy (non-hydrogen) atoms. The molecule has 0 saturated carbocycles. The van der Waals surface area contributed by atoms with Crippen molar-refractivity contribution in [2.45, 2.75) is 6.92 Å². The fourth-order valence-electron chi connectivity index (χ4n) is 1.07. The number of hydrogen-bond donors (Lipinski definition) is 0. The number of halogens is 1. The van der Waals surface area contributed by atoms with Gasteiger partial charge in [-0.15, -0.1) is 0 Å². The molecule has 2 aromatic rings. The lowest BCUT2D eigenvalue weighted by atomic mass is 10.2. The van der Waals surface area contributed by atoms with Gasteiger partial charge in [0.05, 0.1) is 0 Å². The van der Waals surface area contributed by atoms with Crippen molar-refractivity contribution in [2.75, 3.05) is 0 Å². The summed E-state index contributed by atoms with van der Waals surface area (Å²) in [6.45, 7) is 1.85. The predicted octanol–water partition coefficient (Wildman–Crippen LogP) is 2.96. The van der Waals surface area contributed by atoms with E-state index in [1.807, 2.05) is 19.1 Å². The molecule has 1 aromatic heterocycles. The van der Waals surface area contributed by atoms with Gasteiger partial charge in [-0.3, -0.25) is 0 Å². The Bertz CT molecular complexity index is 422. The molecule has 0 atom stereocenters. The Balaban J connectivity index is 2.34. The van der Waals surface area contributed by atoms with Gasteiger partial charge in [0.15, 0.2) is 0 Å². The molecule has 71 valence electrons. The van der Waals surface area contributed by atoms with Crippen LogP contribution in [0.3, 0.4) is 0 Å². The van der Waals surface area contributed by atoms with E-state index in [1.165, 1.54) is 0 Å². The summed E-state index contributed by atoms with van der Waals surface area (Å²) >= 11 is 5.76. The first-order chi connectivity index (χ1) is 6.79. The monoisotopic (exact) mass is 207 g/mol. The van der Waals surface area contributed by atoms with E-state index >= 15 is 0 Å². The SMILES string of the molecule is C[CH]c1nc(-c2ccc(Cl)cc2)no1. The summed E-state index contributed by atoms with van der Waals surface area (Å²) < 4.78 is 4.95. The Hall–Kier alpha value is -1.35. The zero-order valence-electron chi connectivity index (χ0n) is 7.57. The molecule has 0 aliphatic rings. The molecule has 0 fully saturated rings. The number of rotatable bonds is 2. The van der Waals surface area contributed by atoms with E-state index in [-0.39, 0.29) is 0 Å². The van der Waals surface area contributed by atoms with Gasteiger partial charge in [0.2, 0.25) is 11.7 Å². The third kappa shape index (κ3) is 1.77. The van der Waals surface area contributed by atoms with E-state index in [0.717, 1.165) is 5.56 Å². The summed E-state index contributed by atoms with van der Waals surface area (Å²) in [5.74, 6) is 1.10. The molecule has 0 bridgehead atoms. The maximum absolute atomic E-state index is 5.76. The molecule has 3 nitrogen and oxygen atoms in total. The van der Waals surface area contributed by atoms with Gasteiger partial charge in [-0.25, -0.2) is 0 Å². The van der Waals surface area contributed by atoms with Crippen molar-refractivity contribution >= 4 is 11.6 Å². The fraction of sp³-hybridized carbons (Fsp3) is 0.100. The van der Waals surface area contributed by atoms with E-state index in [9.17, 15) is 0 Å². The van der Waals surface area contributed by atoms with Gasteiger partial charge in [0, 0.05) is 17.0 Å². The predicted molar refractivity (Wildman–Crippen MR) is 53.8 cm³/mol. The van der Waals surface area contributed by atoms with Crippen molar-refractivity contribution in [3.8, 4) is 11.4 Å². The average Bonchev–Trinajstić information content (AvgIpc) is 2.67. The van der Waals surface area contributed by atoms with Crippen LogP contribution < -0.4 is 0 Å². The first kappa shape index (κ1) is 9.21. The van der Waals surface area contributed by atoms with E-state index in [2.05, 4.69) is 10.1 Å². The summed E-state index contributed by atoms with van der Waals surface area (Å²) in [6, 6.07) is 7.30. The highest BCUT2D eigenvalue weighted by Gasteiger charge is 2.06. The summed E-state index contributed by atoms with van der Waals surface area (Å²) in [4.78, 5) is 4.15. The van der Waals surface area contributed by atoms with Crippen molar-refractivity contribution in [1.29, 1.82) is 0 Å². The Morgan fingerprint density at radius 1 is 1.29 bits per heavy atom. The van der Waals surface area contributed by atoms with Gasteiger partial charge in [-0.05, 0) is 24.3 Å². The van der Waals surface area contributed by atoms with Crippen LogP contribution in [0.25, 0.3) is 11.4 Å². The second-order valence-corrected chi connectivity index (χ2v) is 3.19. The van der Waals surface area contributed by atoms with Crippen LogP contribution in [0.1, 0.15) is 12.8 Å². The molecule has 0 aliphatic carbocycles. The number of benzene rings is 1. The first-order valence-corrected chi connectivity index (χ1v) is 4.56.